The number of nitrogens with one attached hydrogen (secondary N) is 1. The first-order valence-electron chi connectivity index (χ1n) is 5.95. The minimum absolute atomic E-state index is 0.193. The Morgan fingerprint density at radius 1 is 1.37 bits per heavy atom. The van der Waals surface area contributed by atoms with E-state index in [1.807, 2.05) is 7.05 Å². The zero-order valence-corrected chi connectivity index (χ0v) is 12.6. The average Bonchev–Trinajstić information content (AvgIpc) is 2.36. The molecule has 4 nitrogen and oxygen atoms in total. The van der Waals surface area contributed by atoms with Gasteiger partial charge in [0.1, 0.15) is 0 Å². The van der Waals surface area contributed by atoms with Gasteiger partial charge in [-0.05, 0) is 25.2 Å². The molecule has 0 saturated heterocycles. The molecule has 0 aliphatic carbocycles. The van der Waals surface area contributed by atoms with Crippen LogP contribution in [0.5, 0.6) is 0 Å². The zero-order chi connectivity index (χ0) is 14.3. The lowest BCUT2D eigenvalue weighted by Crippen LogP contribution is -2.34. The number of benzene rings is 1. The minimum atomic E-state index is -0.193. The summed E-state index contributed by atoms with van der Waals surface area (Å²) in [4.78, 5) is 14.0. The lowest BCUT2D eigenvalue weighted by atomic mass is 10.2. The Bertz CT molecular complexity index is 427. The molecule has 0 saturated carbocycles. The molecule has 6 heteroatoms. The van der Waals surface area contributed by atoms with Gasteiger partial charge in [-0.3, -0.25) is 4.79 Å². The molecule has 1 amide bonds. The SMILES string of the molecule is COCCN(C)CCNC(=O)c1ccc(Cl)cc1Cl. The Hall–Kier alpha value is -0.810. The van der Waals surface area contributed by atoms with Crippen molar-refractivity contribution in [1.82, 2.24) is 10.2 Å². The molecule has 0 atom stereocenters. The van der Waals surface area contributed by atoms with Crippen molar-refractivity contribution in [2.45, 2.75) is 0 Å². The fourth-order valence-electron chi connectivity index (χ4n) is 1.49. The third kappa shape index (κ3) is 5.78. The van der Waals surface area contributed by atoms with Crippen LogP contribution in [0, 0.1) is 0 Å². The van der Waals surface area contributed by atoms with E-state index in [4.69, 9.17) is 27.9 Å². The van der Waals surface area contributed by atoms with Gasteiger partial charge in [-0.15, -0.1) is 0 Å². The van der Waals surface area contributed by atoms with Gasteiger partial charge in [0, 0.05) is 31.8 Å². The van der Waals surface area contributed by atoms with Gasteiger partial charge in [0.25, 0.3) is 5.91 Å². The van der Waals surface area contributed by atoms with Gasteiger partial charge in [-0.2, -0.15) is 0 Å². The summed E-state index contributed by atoms with van der Waals surface area (Å²) in [5.74, 6) is -0.193. The molecule has 0 aromatic heterocycles. The quantitative estimate of drug-likeness (QED) is 0.840. The van der Waals surface area contributed by atoms with Crippen LogP contribution in [-0.2, 0) is 4.74 Å². The van der Waals surface area contributed by atoms with E-state index >= 15 is 0 Å². The second-order valence-electron chi connectivity index (χ2n) is 4.18. The third-order valence-electron chi connectivity index (χ3n) is 2.63. The number of carbonyl (C=O) groups is 1. The number of hydrogen-bond acceptors (Lipinski definition) is 3. The van der Waals surface area contributed by atoms with Crippen LogP contribution in [0.15, 0.2) is 18.2 Å². The number of carbonyl (C=O) groups excluding carboxylic acids is 1. The molecule has 0 unspecified atom stereocenters. The number of nitrogens with zero attached hydrogens (tertiary/aromatic N) is 1. The van der Waals surface area contributed by atoms with E-state index in [9.17, 15) is 4.79 Å². The molecule has 106 valence electrons. The second kappa shape index (κ2) is 8.38. The van der Waals surface area contributed by atoms with Gasteiger partial charge in [-0.1, -0.05) is 23.2 Å². The number of methoxy groups -OCH3 is 1. The second-order valence-corrected chi connectivity index (χ2v) is 5.02. The van der Waals surface area contributed by atoms with Gasteiger partial charge >= 0.3 is 0 Å². The Morgan fingerprint density at radius 2 is 2.11 bits per heavy atom. The fourth-order valence-corrected chi connectivity index (χ4v) is 1.98. The largest absolute Gasteiger partial charge is 0.383 e. The Morgan fingerprint density at radius 3 is 2.74 bits per heavy atom. The maximum Gasteiger partial charge on any atom is 0.252 e. The standard InChI is InChI=1S/C13H18Cl2N2O2/c1-17(7-8-19-2)6-5-16-13(18)11-4-3-10(14)9-12(11)15/h3-4,9H,5-8H2,1-2H3,(H,16,18). The van der Waals surface area contributed by atoms with Crippen molar-refractivity contribution in [2.75, 3.05) is 40.4 Å². The zero-order valence-electron chi connectivity index (χ0n) is 11.1. The van der Waals surface area contributed by atoms with Crippen LogP contribution in [0.3, 0.4) is 0 Å². The Labute approximate surface area is 123 Å². The number of rotatable bonds is 7. The molecule has 1 rings (SSSR count). The summed E-state index contributed by atoms with van der Waals surface area (Å²) in [6.07, 6.45) is 0. The van der Waals surface area contributed by atoms with Crippen LogP contribution >= 0.6 is 23.2 Å². The van der Waals surface area contributed by atoms with Gasteiger partial charge < -0.3 is 15.0 Å². The first-order valence-corrected chi connectivity index (χ1v) is 6.71. The Balaban J connectivity index is 2.39. The van der Waals surface area contributed by atoms with Crippen molar-refractivity contribution < 1.29 is 9.53 Å². The van der Waals surface area contributed by atoms with Crippen LogP contribution < -0.4 is 5.32 Å². The van der Waals surface area contributed by atoms with Crippen molar-refractivity contribution in [3.8, 4) is 0 Å². The monoisotopic (exact) mass is 304 g/mol. The molecule has 1 aromatic rings. The molecule has 19 heavy (non-hydrogen) atoms. The van der Waals surface area contributed by atoms with E-state index in [1.54, 1.807) is 25.3 Å². The summed E-state index contributed by atoms with van der Waals surface area (Å²) in [5, 5.41) is 3.69. The minimum Gasteiger partial charge on any atom is -0.383 e. The molecule has 0 radical (unpaired) electrons. The highest BCUT2D eigenvalue weighted by Crippen LogP contribution is 2.20. The van der Waals surface area contributed by atoms with Crippen LogP contribution in [0.1, 0.15) is 10.4 Å². The predicted molar refractivity (Wildman–Crippen MR) is 78.2 cm³/mol. The summed E-state index contributed by atoms with van der Waals surface area (Å²) in [7, 11) is 3.64. The molecule has 0 heterocycles. The van der Waals surface area contributed by atoms with Crippen molar-refractivity contribution in [3.05, 3.63) is 33.8 Å². The van der Waals surface area contributed by atoms with Gasteiger partial charge in [0.2, 0.25) is 0 Å². The van der Waals surface area contributed by atoms with Crippen molar-refractivity contribution in [2.24, 2.45) is 0 Å². The van der Waals surface area contributed by atoms with E-state index in [0.717, 1.165) is 13.1 Å². The highest BCUT2D eigenvalue weighted by molar-refractivity contribution is 6.36. The summed E-state index contributed by atoms with van der Waals surface area (Å²) < 4.78 is 4.98. The van der Waals surface area contributed by atoms with E-state index in [0.29, 0.717) is 28.8 Å². The first-order chi connectivity index (χ1) is 9.04. The van der Waals surface area contributed by atoms with Crippen molar-refractivity contribution in [1.29, 1.82) is 0 Å². The van der Waals surface area contributed by atoms with E-state index in [1.165, 1.54) is 0 Å². The van der Waals surface area contributed by atoms with E-state index in [-0.39, 0.29) is 5.91 Å². The molecular weight excluding hydrogens is 287 g/mol. The maximum atomic E-state index is 11.9. The molecule has 0 aliphatic heterocycles. The normalized spacial score (nSPS) is 10.8. The third-order valence-corrected chi connectivity index (χ3v) is 3.18. The van der Waals surface area contributed by atoms with Crippen LogP contribution in [-0.4, -0.2) is 51.2 Å². The first kappa shape index (κ1) is 16.2. The molecule has 0 bridgehead atoms. The van der Waals surface area contributed by atoms with Crippen LogP contribution in [0.4, 0.5) is 0 Å². The number of likely N-dealkylation sites (N-methyl/N-ethyl adjacent to an activating group) is 1. The number of ether oxygens (including phenoxy) is 1. The van der Waals surface area contributed by atoms with Crippen LogP contribution in [0.2, 0.25) is 10.0 Å². The molecule has 0 spiro atoms. The fraction of sp³-hybridized carbons (Fsp3) is 0.462. The Kier molecular flexibility index (Phi) is 7.16. The van der Waals surface area contributed by atoms with Crippen LogP contribution in [0.25, 0.3) is 0 Å². The summed E-state index contributed by atoms with van der Waals surface area (Å²) in [5.41, 5.74) is 0.436. The number of halogens is 2. The maximum absolute atomic E-state index is 11.9. The van der Waals surface area contributed by atoms with Crippen molar-refractivity contribution in [3.63, 3.8) is 0 Å². The average molecular weight is 305 g/mol. The topological polar surface area (TPSA) is 41.6 Å². The lowest BCUT2D eigenvalue weighted by Gasteiger charge is -2.16. The molecule has 1 N–H and O–H groups in total. The summed E-state index contributed by atoms with van der Waals surface area (Å²) in [6, 6.07) is 4.82. The van der Waals surface area contributed by atoms with Crippen molar-refractivity contribution >= 4 is 29.1 Å². The highest BCUT2D eigenvalue weighted by atomic mass is 35.5. The van der Waals surface area contributed by atoms with E-state index < -0.39 is 0 Å². The lowest BCUT2D eigenvalue weighted by molar-refractivity contribution is 0.0947. The highest BCUT2D eigenvalue weighted by Gasteiger charge is 2.10. The molecule has 0 aliphatic rings. The van der Waals surface area contributed by atoms with Gasteiger partial charge in [0.05, 0.1) is 17.2 Å². The molecule has 0 fully saturated rings. The van der Waals surface area contributed by atoms with Gasteiger partial charge in [-0.25, -0.2) is 0 Å². The number of hydrogen-bond donors (Lipinski definition) is 1. The summed E-state index contributed by atoms with van der Waals surface area (Å²) in [6.45, 7) is 2.81. The van der Waals surface area contributed by atoms with E-state index in [2.05, 4.69) is 10.2 Å². The molecular formula is C13H18Cl2N2O2. The van der Waals surface area contributed by atoms with Gasteiger partial charge in [0.15, 0.2) is 0 Å². The molecule has 1 aromatic carbocycles. The smallest absolute Gasteiger partial charge is 0.252 e. The number of amides is 1. The summed E-state index contributed by atoms with van der Waals surface area (Å²) >= 11 is 11.7. The predicted octanol–water partition coefficient (Wildman–Crippen LogP) is 2.30.